The SMILES string of the molecule is COc1nc(Cl)nc(N(C)CC(=O)N2CCCC2)n1. The van der Waals surface area contributed by atoms with E-state index in [4.69, 9.17) is 16.3 Å². The third kappa shape index (κ3) is 3.44. The number of aromatic nitrogens is 3. The molecular formula is C11H16ClN5O2. The molecule has 0 N–H and O–H groups in total. The summed E-state index contributed by atoms with van der Waals surface area (Å²) in [5.74, 6) is 0.389. The van der Waals surface area contributed by atoms with E-state index in [0.29, 0.717) is 5.95 Å². The zero-order chi connectivity index (χ0) is 13.8. The molecule has 0 atom stereocenters. The van der Waals surface area contributed by atoms with Crippen molar-refractivity contribution in [3.63, 3.8) is 0 Å². The lowest BCUT2D eigenvalue weighted by atomic mass is 10.4. The average Bonchev–Trinajstić information content (AvgIpc) is 2.91. The topological polar surface area (TPSA) is 71.5 Å². The Kier molecular flexibility index (Phi) is 4.36. The van der Waals surface area contributed by atoms with Crippen molar-refractivity contribution >= 4 is 23.5 Å². The Bertz CT molecular complexity index is 464. The molecule has 1 aromatic heterocycles. The second kappa shape index (κ2) is 6.01. The fourth-order valence-electron chi connectivity index (χ4n) is 1.92. The molecule has 104 valence electrons. The van der Waals surface area contributed by atoms with Crippen LogP contribution in [0.2, 0.25) is 5.28 Å². The summed E-state index contributed by atoms with van der Waals surface area (Å²) in [5, 5.41) is 0.0438. The Morgan fingerprint density at radius 2 is 2.05 bits per heavy atom. The number of hydrogen-bond acceptors (Lipinski definition) is 6. The van der Waals surface area contributed by atoms with E-state index < -0.39 is 0 Å². The van der Waals surface area contributed by atoms with E-state index in [1.807, 2.05) is 4.90 Å². The number of carbonyl (C=O) groups is 1. The van der Waals surface area contributed by atoms with Gasteiger partial charge in [0.25, 0.3) is 0 Å². The molecule has 2 rings (SSSR count). The number of anilines is 1. The van der Waals surface area contributed by atoms with E-state index in [1.165, 1.54) is 7.11 Å². The van der Waals surface area contributed by atoms with Gasteiger partial charge in [-0.1, -0.05) is 0 Å². The van der Waals surface area contributed by atoms with Crippen LogP contribution in [-0.4, -0.2) is 59.6 Å². The predicted octanol–water partition coefficient (Wildman–Crippen LogP) is 0.592. The van der Waals surface area contributed by atoms with Crippen LogP contribution in [0.4, 0.5) is 5.95 Å². The molecule has 1 aliphatic heterocycles. The van der Waals surface area contributed by atoms with Crippen molar-refractivity contribution in [1.29, 1.82) is 0 Å². The first-order valence-corrected chi connectivity index (χ1v) is 6.42. The molecule has 1 aliphatic rings. The highest BCUT2D eigenvalue weighted by Gasteiger charge is 2.20. The van der Waals surface area contributed by atoms with E-state index in [0.717, 1.165) is 25.9 Å². The summed E-state index contributed by atoms with van der Waals surface area (Å²) in [4.78, 5) is 27.3. The zero-order valence-electron chi connectivity index (χ0n) is 11.0. The highest BCUT2D eigenvalue weighted by molar-refractivity contribution is 6.28. The minimum atomic E-state index is 0.0438. The van der Waals surface area contributed by atoms with Gasteiger partial charge < -0.3 is 14.5 Å². The highest BCUT2D eigenvalue weighted by atomic mass is 35.5. The maximum absolute atomic E-state index is 12.0. The van der Waals surface area contributed by atoms with Gasteiger partial charge in [-0.05, 0) is 24.4 Å². The largest absolute Gasteiger partial charge is 0.467 e. The van der Waals surface area contributed by atoms with Crippen molar-refractivity contribution in [2.45, 2.75) is 12.8 Å². The average molecular weight is 286 g/mol. The number of nitrogens with zero attached hydrogens (tertiary/aromatic N) is 5. The lowest BCUT2D eigenvalue weighted by molar-refractivity contribution is -0.128. The second-order valence-corrected chi connectivity index (χ2v) is 4.67. The molecule has 1 aromatic rings. The molecular weight excluding hydrogens is 270 g/mol. The van der Waals surface area contributed by atoms with Gasteiger partial charge in [0.2, 0.25) is 17.1 Å². The first-order chi connectivity index (χ1) is 9.10. The molecule has 0 aromatic carbocycles. The number of carbonyl (C=O) groups excluding carboxylic acids is 1. The molecule has 0 unspecified atom stereocenters. The molecule has 1 amide bonds. The van der Waals surface area contributed by atoms with Crippen LogP contribution in [-0.2, 0) is 4.79 Å². The van der Waals surface area contributed by atoms with Gasteiger partial charge >= 0.3 is 6.01 Å². The summed E-state index contributed by atoms with van der Waals surface area (Å²) >= 11 is 5.77. The van der Waals surface area contributed by atoms with Crippen LogP contribution in [0.1, 0.15) is 12.8 Å². The number of rotatable bonds is 4. The maximum Gasteiger partial charge on any atom is 0.322 e. The van der Waals surface area contributed by atoms with Crippen molar-refractivity contribution in [1.82, 2.24) is 19.9 Å². The first-order valence-electron chi connectivity index (χ1n) is 6.04. The third-order valence-electron chi connectivity index (χ3n) is 2.93. The molecule has 0 saturated carbocycles. The van der Waals surface area contributed by atoms with Gasteiger partial charge in [0, 0.05) is 20.1 Å². The summed E-state index contributed by atoms with van der Waals surface area (Å²) < 4.78 is 4.92. The number of halogens is 1. The highest BCUT2D eigenvalue weighted by Crippen LogP contribution is 2.14. The van der Waals surface area contributed by atoms with Gasteiger partial charge in [0.15, 0.2) is 0 Å². The lowest BCUT2D eigenvalue weighted by Crippen LogP contribution is -2.37. The number of methoxy groups -OCH3 is 1. The van der Waals surface area contributed by atoms with Crippen LogP contribution in [0, 0.1) is 0 Å². The monoisotopic (exact) mass is 285 g/mol. The van der Waals surface area contributed by atoms with E-state index >= 15 is 0 Å². The maximum atomic E-state index is 12.0. The Labute approximate surface area is 116 Å². The van der Waals surface area contributed by atoms with Gasteiger partial charge in [0.05, 0.1) is 13.7 Å². The van der Waals surface area contributed by atoms with E-state index in [9.17, 15) is 4.79 Å². The Morgan fingerprint density at radius 1 is 1.37 bits per heavy atom. The number of hydrogen-bond donors (Lipinski definition) is 0. The van der Waals surface area contributed by atoms with Crippen LogP contribution < -0.4 is 9.64 Å². The summed E-state index contributed by atoms with van der Waals surface area (Å²) in [6.07, 6.45) is 2.14. The molecule has 0 radical (unpaired) electrons. The quantitative estimate of drug-likeness (QED) is 0.806. The fraction of sp³-hybridized carbons (Fsp3) is 0.636. The number of ether oxygens (including phenoxy) is 1. The van der Waals surface area contributed by atoms with Gasteiger partial charge in [-0.25, -0.2) is 0 Å². The summed E-state index contributed by atoms with van der Waals surface area (Å²) in [6, 6.07) is 0.135. The van der Waals surface area contributed by atoms with Crippen molar-refractivity contribution in [2.24, 2.45) is 0 Å². The van der Waals surface area contributed by atoms with Crippen LogP contribution in [0.15, 0.2) is 0 Å². The smallest absolute Gasteiger partial charge is 0.322 e. The Balaban J connectivity index is 2.04. The van der Waals surface area contributed by atoms with Gasteiger partial charge in [0.1, 0.15) is 0 Å². The molecule has 19 heavy (non-hydrogen) atoms. The molecule has 1 saturated heterocycles. The summed E-state index contributed by atoms with van der Waals surface area (Å²) in [5.41, 5.74) is 0. The van der Waals surface area contributed by atoms with Gasteiger partial charge in [-0.2, -0.15) is 15.0 Å². The van der Waals surface area contributed by atoms with Crippen LogP contribution >= 0.6 is 11.6 Å². The van der Waals surface area contributed by atoms with E-state index in [2.05, 4.69) is 15.0 Å². The summed E-state index contributed by atoms with van der Waals surface area (Å²) in [6.45, 7) is 1.87. The Hall–Kier alpha value is -1.63. The Morgan fingerprint density at radius 3 is 2.68 bits per heavy atom. The second-order valence-electron chi connectivity index (χ2n) is 4.34. The normalized spacial score (nSPS) is 14.6. The number of likely N-dealkylation sites (tertiary alicyclic amines) is 1. The van der Waals surface area contributed by atoms with Crippen molar-refractivity contribution in [3.05, 3.63) is 5.28 Å². The summed E-state index contributed by atoms with van der Waals surface area (Å²) in [7, 11) is 3.18. The standard InChI is InChI=1S/C11H16ClN5O2/c1-16(7-8(18)17-5-3-4-6-17)10-13-9(12)14-11(15-10)19-2/h3-7H2,1-2H3. The number of amides is 1. The predicted molar refractivity (Wildman–Crippen MR) is 70.5 cm³/mol. The zero-order valence-corrected chi connectivity index (χ0v) is 11.7. The van der Waals surface area contributed by atoms with Gasteiger partial charge in [-0.3, -0.25) is 4.79 Å². The van der Waals surface area contributed by atoms with E-state index in [1.54, 1.807) is 11.9 Å². The van der Waals surface area contributed by atoms with Crippen molar-refractivity contribution < 1.29 is 9.53 Å². The minimum Gasteiger partial charge on any atom is -0.467 e. The fourth-order valence-corrected chi connectivity index (χ4v) is 2.07. The van der Waals surface area contributed by atoms with Crippen LogP contribution in [0.25, 0.3) is 0 Å². The molecule has 2 heterocycles. The molecule has 7 nitrogen and oxygen atoms in total. The lowest BCUT2D eigenvalue weighted by Gasteiger charge is -2.21. The van der Waals surface area contributed by atoms with Crippen molar-refractivity contribution in [2.75, 3.05) is 38.7 Å². The molecule has 0 bridgehead atoms. The molecule has 8 heteroatoms. The first kappa shape index (κ1) is 13.8. The van der Waals surface area contributed by atoms with E-state index in [-0.39, 0.29) is 23.7 Å². The molecule has 0 aliphatic carbocycles. The van der Waals surface area contributed by atoms with Crippen molar-refractivity contribution in [3.8, 4) is 6.01 Å². The molecule has 0 spiro atoms. The van der Waals surface area contributed by atoms with Crippen LogP contribution in [0.3, 0.4) is 0 Å². The molecule has 1 fully saturated rings. The minimum absolute atomic E-state index is 0.0438. The number of likely N-dealkylation sites (N-methyl/N-ethyl adjacent to an activating group) is 1. The third-order valence-corrected chi connectivity index (χ3v) is 3.10. The van der Waals surface area contributed by atoms with Crippen LogP contribution in [0.5, 0.6) is 6.01 Å². The van der Waals surface area contributed by atoms with Gasteiger partial charge in [-0.15, -0.1) is 0 Å².